The molecular formula is C7H6BrFO2. The molecule has 0 saturated heterocycles. The van der Waals surface area contributed by atoms with Gasteiger partial charge in [0.2, 0.25) is 0 Å². The van der Waals surface area contributed by atoms with Crippen molar-refractivity contribution in [2.45, 2.75) is 6.61 Å². The van der Waals surface area contributed by atoms with E-state index in [2.05, 4.69) is 15.9 Å². The largest absolute Gasteiger partial charge is 0.505 e. The van der Waals surface area contributed by atoms with E-state index in [4.69, 9.17) is 10.2 Å². The van der Waals surface area contributed by atoms with Gasteiger partial charge >= 0.3 is 0 Å². The maximum absolute atomic E-state index is 12.6. The molecule has 0 aliphatic rings. The van der Waals surface area contributed by atoms with Crippen molar-refractivity contribution in [2.24, 2.45) is 0 Å². The van der Waals surface area contributed by atoms with E-state index in [1.54, 1.807) is 0 Å². The second-order valence-electron chi connectivity index (χ2n) is 2.05. The topological polar surface area (TPSA) is 40.5 Å². The molecule has 1 rings (SSSR count). The van der Waals surface area contributed by atoms with E-state index in [1.165, 1.54) is 6.07 Å². The van der Waals surface area contributed by atoms with E-state index in [0.717, 1.165) is 6.07 Å². The average molecular weight is 221 g/mol. The Labute approximate surface area is 71.4 Å². The van der Waals surface area contributed by atoms with Crippen molar-refractivity contribution in [3.05, 3.63) is 28.0 Å². The molecule has 0 bridgehead atoms. The Morgan fingerprint density at radius 3 is 2.64 bits per heavy atom. The summed E-state index contributed by atoms with van der Waals surface area (Å²) in [6.07, 6.45) is 0. The minimum Gasteiger partial charge on any atom is -0.505 e. The summed E-state index contributed by atoms with van der Waals surface area (Å²) >= 11 is 3.03. The standard InChI is InChI=1S/C7H6BrFO2/c8-5-1-4(3-10)7(11)6(9)2-5/h1-2,10-11H,3H2. The number of benzene rings is 1. The Bertz CT molecular complexity index is 275. The summed E-state index contributed by atoms with van der Waals surface area (Å²) < 4.78 is 13.1. The fourth-order valence-corrected chi connectivity index (χ4v) is 1.22. The van der Waals surface area contributed by atoms with Gasteiger partial charge in [-0.15, -0.1) is 0 Å². The van der Waals surface area contributed by atoms with Crippen LogP contribution in [-0.2, 0) is 6.61 Å². The number of rotatable bonds is 1. The predicted molar refractivity (Wildman–Crippen MR) is 41.7 cm³/mol. The first-order valence-corrected chi connectivity index (χ1v) is 3.72. The summed E-state index contributed by atoms with van der Waals surface area (Å²) in [6.45, 7) is -0.373. The van der Waals surface area contributed by atoms with Gasteiger partial charge < -0.3 is 10.2 Å². The van der Waals surface area contributed by atoms with Gasteiger partial charge in [0.1, 0.15) is 0 Å². The van der Waals surface area contributed by atoms with Crippen molar-refractivity contribution in [3.63, 3.8) is 0 Å². The van der Waals surface area contributed by atoms with E-state index < -0.39 is 11.6 Å². The van der Waals surface area contributed by atoms with Gasteiger partial charge in [-0.05, 0) is 12.1 Å². The molecule has 0 spiro atoms. The Kier molecular flexibility index (Phi) is 2.46. The molecule has 2 nitrogen and oxygen atoms in total. The van der Waals surface area contributed by atoms with Crippen LogP contribution in [0.2, 0.25) is 0 Å². The van der Waals surface area contributed by atoms with Crippen molar-refractivity contribution in [3.8, 4) is 5.75 Å². The van der Waals surface area contributed by atoms with Crippen LogP contribution in [0, 0.1) is 5.82 Å². The monoisotopic (exact) mass is 220 g/mol. The molecule has 1 aromatic rings. The Morgan fingerprint density at radius 2 is 2.09 bits per heavy atom. The van der Waals surface area contributed by atoms with Crippen LogP contribution in [0.1, 0.15) is 5.56 Å². The number of halogens is 2. The zero-order valence-corrected chi connectivity index (χ0v) is 7.10. The highest BCUT2D eigenvalue weighted by molar-refractivity contribution is 9.10. The normalized spacial score (nSPS) is 10.1. The van der Waals surface area contributed by atoms with Crippen LogP contribution in [0.3, 0.4) is 0 Å². The molecular weight excluding hydrogens is 215 g/mol. The number of hydrogen-bond donors (Lipinski definition) is 2. The van der Waals surface area contributed by atoms with E-state index >= 15 is 0 Å². The van der Waals surface area contributed by atoms with Crippen molar-refractivity contribution in [2.75, 3.05) is 0 Å². The quantitative estimate of drug-likeness (QED) is 0.758. The number of aliphatic hydroxyl groups is 1. The highest BCUT2D eigenvalue weighted by Crippen LogP contribution is 2.25. The lowest BCUT2D eigenvalue weighted by molar-refractivity contribution is 0.273. The minimum absolute atomic E-state index is 0.178. The van der Waals surface area contributed by atoms with Crippen molar-refractivity contribution in [1.29, 1.82) is 0 Å². The van der Waals surface area contributed by atoms with Gasteiger partial charge in [-0.1, -0.05) is 15.9 Å². The summed E-state index contributed by atoms with van der Waals surface area (Å²) in [7, 11) is 0. The van der Waals surface area contributed by atoms with E-state index in [0.29, 0.717) is 4.47 Å². The van der Waals surface area contributed by atoms with Crippen molar-refractivity contribution >= 4 is 15.9 Å². The molecule has 0 aliphatic carbocycles. The Hall–Kier alpha value is -0.610. The van der Waals surface area contributed by atoms with Crippen LogP contribution >= 0.6 is 15.9 Å². The molecule has 0 fully saturated rings. The van der Waals surface area contributed by atoms with E-state index in [9.17, 15) is 4.39 Å². The van der Waals surface area contributed by atoms with Crippen LogP contribution in [0.25, 0.3) is 0 Å². The molecule has 0 atom stereocenters. The SMILES string of the molecule is OCc1cc(Br)cc(F)c1O. The second-order valence-corrected chi connectivity index (χ2v) is 2.97. The molecule has 60 valence electrons. The van der Waals surface area contributed by atoms with Crippen molar-refractivity contribution in [1.82, 2.24) is 0 Å². The maximum Gasteiger partial charge on any atom is 0.166 e. The molecule has 0 amide bonds. The fourth-order valence-electron chi connectivity index (χ4n) is 0.740. The number of hydrogen-bond acceptors (Lipinski definition) is 2. The molecule has 2 N–H and O–H groups in total. The second kappa shape index (κ2) is 3.19. The summed E-state index contributed by atoms with van der Waals surface area (Å²) in [6, 6.07) is 2.59. The molecule has 11 heavy (non-hydrogen) atoms. The molecule has 0 aromatic heterocycles. The van der Waals surface area contributed by atoms with Crippen LogP contribution in [0.4, 0.5) is 4.39 Å². The van der Waals surface area contributed by atoms with Crippen molar-refractivity contribution < 1.29 is 14.6 Å². The first-order valence-electron chi connectivity index (χ1n) is 2.93. The predicted octanol–water partition coefficient (Wildman–Crippen LogP) is 1.79. The smallest absolute Gasteiger partial charge is 0.166 e. The molecule has 0 heterocycles. The molecule has 0 radical (unpaired) electrons. The highest BCUT2D eigenvalue weighted by Gasteiger charge is 2.06. The first-order chi connectivity index (χ1) is 5.15. The summed E-state index contributed by atoms with van der Waals surface area (Å²) in [5.41, 5.74) is 0.178. The van der Waals surface area contributed by atoms with Crippen LogP contribution in [0.5, 0.6) is 5.75 Å². The lowest BCUT2D eigenvalue weighted by Gasteiger charge is -2.01. The summed E-state index contributed by atoms with van der Waals surface area (Å²) in [5, 5.41) is 17.6. The Balaban J connectivity index is 3.24. The first kappa shape index (κ1) is 8.49. The molecule has 1 aromatic carbocycles. The van der Waals surface area contributed by atoms with Gasteiger partial charge in [0.25, 0.3) is 0 Å². The average Bonchev–Trinajstić information content (AvgIpc) is 1.96. The number of aromatic hydroxyl groups is 1. The lowest BCUT2D eigenvalue weighted by atomic mass is 10.2. The van der Waals surface area contributed by atoms with Crippen LogP contribution in [-0.4, -0.2) is 10.2 Å². The minimum atomic E-state index is -0.733. The fraction of sp³-hybridized carbons (Fsp3) is 0.143. The molecule has 0 saturated carbocycles. The van der Waals surface area contributed by atoms with Crippen LogP contribution < -0.4 is 0 Å². The maximum atomic E-state index is 12.6. The molecule has 0 aliphatic heterocycles. The van der Waals surface area contributed by atoms with Gasteiger partial charge in [0.05, 0.1) is 6.61 Å². The van der Waals surface area contributed by atoms with Gasteiger partial charge in [0, 0.05) is 10.0 Å². The third-order valence-electron chi connectivity index (χ3n) is 1.28. The summed E-state index contributed by atoms with van der Waals surface area (Å²) in [4.78, 5) is 0. The third kappa shape index (κ3) is 1.70. The van der Waals surface area contributed by atoms with Gasteiger partial charge in [0.15, 0.2) is 11.6 Å². The van der Waals surface area contributed by atoms with Gasteiger partial charge in [-0.2, -0.15) is 0 Å². The molecule has 4 heteroatoms. The zero-order valence-electron chi connectivity index (χ0n) is 5.51. The third-order valence-corrected chi connectivity index (χ3v) is 1.74. The van der Waals surface area contributed by atoms with E-state index in [1.807, 2.05) is 0 Å². The number of aliphatic hydroxyl groups excluding tert-OH is 1. The highest BCUT2D eigenvalue weighted by atomic mass is 79.9. The van der Waals surface area contributed by atoms with Crippen LogP contribution in [0.15, 0.2) is 16.6 Å². The van der Waals surface area contributed by atoms with Gasteiger partial charge in [-0.3, -0.25) is 0 Å². The van der Waals surface area contributed by atoms with Gasteiger partial charge in [-0.25, -0.2) is 4.39 Å². The molecule has 0 unspecified atom stereocenters. The zero-order chi connectivity index (χ0) is 8.43. The number of phenols is 1. The lowest BCUT2D eigenvalue weighted by Crippen LogP contribution is -1.87. The van der Waals surface area contributed by atoms with E-state index in [-0.39, 0.29) is 12.2 Å². The summed E-state index contributed by atoms with van der Waals surface area (Å²) in [5.74, 6) is -1.22. The Morgan fingerprint density at radius 1 is 1.45 bits per heavy atom.